The third kappa shape index (κ3) is 10.4. The molecule has 0 amide bonds. The molecule has 6 N–H and O–H groups in total. The number of carbonyl (C=O) groups is 2. The lowest BCUT2D eigenvalue weighted by Gasteiger charge is -2.21. The number of nitrogens with zero attached hydrogens (tertiary/aromatic N) is 5. The smallest absolute Gasteiger partial charge is 0.477 e. The van der Waals surface area contributed by atoms with Crippen molar-refractivity contribution in [1.29, 1.82) is 0 Å². The molecule has 17 nitrogen and oxygen atoms in total. The van der Waals surface area contributed by atoms with Crippen molar-refractivity contribution in [3.05, 3.63) is 87.0 Å². The molecule has 3 aromatic rings. The molecule has 0 spiro atoms. The van der Waals surface area contributed by atoms with Gasteiger partial charge in [0.2, 0.25) is 6.23 Å². The Morgan fingerprint density at radius 3 is 2.42 bits per heavy atom. The first-order valence-electron chi connectivity index (χ1n) is 15.0. The van der Waals surface area contributed by atoms with Crippen LogP contribution in [0.4, 0.5) is 4.79 Å². The van der Waals surface area contributed by atoms with Crippen LogP contribution in [0.3, 0.4) is 0 Å². The van der Waals surface area contributed by atoms with Crippen LogP contribution in [0, 0.1) is 10.1 Å². The molecule has 17 heteroatoms. The van der Waals surface area contributed by atoms with E-state index in [-0.39, 0.29) is 50.2 Å². The molecule has 0 aliphatic carbocycles. The Morgan fingerprint density at radius 1 is 1.12 bits per heavy atom. The number of carbonyl (C=O) groups excluding carboxylic acids is 1. The molecule has 1 atom stereocenters. The Morgan fingerprint density at radius 2 is 1.79 bits per heavy atom. The van der Waals surface area contributed by atoms with Gasteiger partial charge in [-0.2, -0.15) is 5.12 Å². The van der Waals surface area contributed by atoms with Crippen LogP contribution in [-0.2, 0) is 37.6 Å². The van der Waals surface area contributed by atoms with E-state index < -0.39 is 29.0 Å². The molecule has 0 aliphatic rings. The van der Waals surface area contributed by atoms with Crippen molar-refractivity contribution >= 4 is 18.0 Å². The van der Waals surface area contributed by atoms with E-state index in [1.807, 2.05) is 43.3 Å². The first kappa shape index (κ1) is 37.2. The van der Waals surface area contributed by atoms with Crippen molar-refractivity contribution in [2.45, 2.75) is 58.9 Å². The predicted octanol–water partition coefficient (Wildman–Crippen LogP) is 3.00. The molecule has 0 saturated heterocycles. The van der Waals surface area contributed by atoms with Crippen LogP contribution in [0.5, 0.6) is 0 Å². The van der Waals surface area contributed by atoms with Gasteiger partial charge in [0.1, 0.15) is 30.3 Å². The lowest BCUT2D eigenvalue weighted by atomic mass is 9.98. The van der Waals surface area contributed by atoms with Crippen LogP contribution in [0.15, 0.2) is 53.6 Å². The van der Waals surface area contributed by atoms with Crippen molar-refractivity contribution in [1.82, 2.24) is 14.7 Å². The molecule has 3 rings (SSSR count). The van der Waals surface area contributed by atoms with Crippen LogP contribution < -0.4 is 11.6 Å². The fourth-order valence-corrected chi connectivity index (χ4v) is 4.60. The monoisotopic (exact) mass is 671 g/mol. The van der Waals surface area contributed by atoms with Crippen molar-refractivity contribution in [3.63, 3.8) is 0 Å². The van der Waals surface area contributed by atoms with Crippen molar-refractivity contribution in [2.24, 2.45) is 16.7 Å². The Balaban J connectivity index is 1.70. The second-order valence-electron chi connectivity index (χ2n) is 11.0. The Bertz CT molecular complexity index is 1590. The molecule has 0 radical (unpaired) electrons. The van der Waals surface area contributed by atoms with Gasteiger partial charge in [-0.15, -0.1) is 15.2 Å². The third-order valence-corrected chi connectivity index (χ3v) is 6.85. The summed E-state index contributed by atoms with van der Waals surface area (Å²) in [5, 5.41) is 34.8. The van der Waals surface area contributed by atoms with Gasteiger partial charge in [0.25, 0.3) is 5.09 Å². The minimum absolute atomic E-state index is 0.0322. The molecule has 0 aliphatic heterocycles. The minimum atomic E-state index is -1.43. The number of rotatable bonds is 18. The maximum atomic E-state index is 12.2. The largest absolute Gasteiger partial charge is 0.510 e. The van der Waals surface area contributed by atoms with Gasteiger partial charge in [-0.25, -0.2) is 20.4 Å². The minimum Gasteiger partial charge on any atom is -0.477 e. The number of nitrogens with two attached hydrogens (primary N) is 2. The van der Waals surface area contributed by atoms with Crippen LogP contribution in [0.1, 0.15) is 67.2 Å². The molecule has 1 heterocycles. The number of hydrogen-bond donors (Lipinski definition) is 4. The summed E-state index contributed by atoms with van der Waals surface area (Å²) in [4.78, 5) is 42.9. The van der Waals surface area contributed by atoms with Gasteiger partial charge < -0.3 is 39.6 Å². The Kier molecular flexibility index (Phi) is 13.2. The Hall–Kier alpha value is -5.26. The van der Waals surface area contributed by atoms with Gasteiger partial charge in [0, 0.05) is 18.5 Å². The normalized spacial score (nSPS) is 12.3. The summed E-state index contributed by atoms with van der Waals surface area (Å²) in [7, 11) is 0. The van der Waals surface area contributed by atoms with Gasteiger partial charge in [-0.3, -0.25) is 0 Å². The number of hydrogen-bond acceptors (Lipinski definition) is 13. The van der Waals surface area contributed by atoms with E-state index in [0.29, 0.717) is 17.8 Å². The summed E-state index contributed by atoms with van der Waals surface area (Å²) < 4.78 is 16.7. The number of aryl methyl sites for hydroxylation is 1. The van der Waals surface area contributed by atoms with Crippen LogP contribution in [-0.4, -0.2) is 80.6 Å². The van der Waals surface area contributed by atoms with Gasteiger partial charge in [0.15, 0.2) is 11.5 Å². The summed E-state index contributed by atoms with van der Waals surface area (Å²) in [5.41, 5.74) is 7.87. The second kappa shape index (κ2) is 17.1. The highest BCUT2D eigenvalue weighted by Gasteiger charge is 2.31. The van der Waals surface area contributed by atoms with E-state index in [4.69, 9.17) is 25.8 Å². The molecule has 260 valence electrons. The predicted molar refractivity (Wildman–Crippen MR) is 172 cm³/mol. The van der Waals surface area contributed by atoms with Gasteiger partial charge in [0.05, 0.1) is 13.2 Å². The topological polar surface area (TPSA) is 240 Å². The average Bonchev–Trinajstić information content (AvgIpc) is 3.39. The molecule has 1 unspecified atom stereocenters. The number of carboxylic acid groups (broad SMARTS) is 1. The SMILES string of the molecule is CCCc1nc(C(C)(C)O)c(C(=O)O)n1Cc1ccc(-c2ccccc2/C(N)=N/N(N)C(C)OC(=O)OCCOCCO[N+](=O)[O-])cc1. The van der Waals surface area contributed by atoms with Crippen LogP contribution >= 0.6 is 0 Å². The quantitative estimate of drug-likeness (QED) is 0.0222. The molecule has 1 aromatic heterocycles. The number of ether oxygens (including phenoxy) is 3. The number of amidine groups is 1. The number of aromatic nitrogens is 2. The second-order valence-corrected chi connectivity index (χ2v) is 11.0. The fraction of sp³-hybridized carbons (Fsp3) is 0.419. The summed E-state index contributed by atoms with van der Waals surface area (Å²) in [6, 6.07) is 14.7. The van der Waals surface area contributed by atoms with Crippen LogP contribution in [0.2, 0.25) is 0 Å². The zero-order chi connectivity index (χ0) is 35.4. The zero-order valence-electron chi connectivity index (χ0n) is 27.2. The highest BCUT2D eigenvalue weighted by Crippen LogP contribution is 2.28. The molecular weight excluding hydrogens is 630 g/mol. The van der Waals surface area contributed by atoms with E-state index in [2.05, 4.69) is 14.9 Å². The van der Waals surface area contributed by atoms with E-state index in [0.717, 1.165) is 28.2 Å². The zero-order valence-corrected chi connectivity index (χ0v) is 27.2. The number of hydrazone groups is 1. The number of carboxylic acids is 1. The molecule has 2 aromatic carbocycles. The van der Waals surface area contributed by atoms with E-state index >= 15 is 0 Å². The van der Waals surface area contributed by atoms with Gasteiger partial charge >= 0.3 is 12.1 Å². The number of benzene rings is 2. The van der Waals surface area contributed by atoms with Crippen LogP contribution in [0.25, 0.3) is 11.1 Å². The third-order valence-electron chi connectivity index (χ3n) is 6.85. The number of aromatic carboxylic acids is 1. The molecular formula is C31H41N7O10. The summed E-state index contributed by atoms with van der Waals surface area (Å²) in [5.74, 6) is 5.44. The first-order chi connectivity index (χ1) is 22.7. The average molecular weight is 672 g/mol. The summed E-state index contributed by atoms with van der Waals surface area (Å²) in [6.07, 6.45) is -0.811. The van der Waals surface area contributed by atoms with Crippen molar-refractivity contribution < 1.29 is 43.9 Å². The van der Waals surface area contributed by atoms with E-state index in [1.54, 1.807) is 16.7 Å². The summed E-state index contributed by atoms with van der Waals surface area (Å²) >= 11 is 0. The lowest BCUT2D eigenvalue weighted by Crippen LogP contribution is -2.40. The first-order valence-corrected chi connectivity index (χ1v) is 15.0. The lowest BCUT2D eigenvalue weighted by molar-refractivity contribution is -0.758. The standard InChI is InChI=1S/C31H41N7O10/c1-5-8-25-34-27(31(3,4)42)26(29(39)40)36(25)19-21-11-13-22(14-12-21)23-9-6-7-10-24(23)28(32)35-37(33)20(2)48-30(41)46-17-15-45-16-18-47-38(43)44/h6-7,9-14,20,42H,5,8,15-19,33H2,1-4H3,(H2,32,35)(H,39,40). The molecule has 0 saturated carbocycles. The summed E-state index contributed by atoms with van der Waals surface area (Å²) in [6.45, 7) is 6.18. The Labute approximate surface area is 276 Å². The number of hydrazine groups is 1. The van der Waals surface area contributed by atoms with Crippen molar-refractivity contribution in [2.75, 3.05) is 26.4 Å². The maximum Gasteiger partial charge on any atom is 0.510 e. The number of aliphatic hydroxyl groups is 1. The van der Waals surface area contributed by atoms with E-state index in [9.17, 15) is 29.9 Å². The molecule has 48 heavy (non-hydrogen) atoms. The molecule has 0 bridgehead atoms. The van der Waals surface area contributed by atoms with Gasteiger partial charge in [-0.05, 0) is 43.9 Å². The highest BCUT2D eigenvalue weighted by atomic mass is 17.0. The van der Waals surface area contributed by atoms with Gasteiger partial charge in [-0.1, -0.05) is 55.5 Å². The fourth-order valence-electron chi connectivity index (χ4n) is 4.60. The van der Waals surface area contributed by atoms with Crippen molar-refractivity contribution in [3.8, 4) is 11.1 Å². The van der Waals surface area contributed by atoms with E-state index in [1.165, 1.54) is 20.8 Å². The molecule has 0 fully saturated rings. The maximum absolute atomic E-state index is 12.2. The highest BCUT2D eigenvalue weighted by molar-refractivity contribution is 6.03. The number of imidazole rings is 1.